The van der Waals surface area contributed by atoms with Gasteiger partial charge in [-0.2, -0.15) is 11.8 Å². The van der Waals surface area contributed by atoms with Crippen LogP contribution in [0.1, 0.15) is 52.4 Å². The van der Waals surface area contributed by atoms with E-state index in [1.165, 1.54) is 50.0 Å². The molecule has 2 atom stereocenters. The standard InChI is InChI=1S/C13H27NS/c1-3-15-9-5-8-13(11-14)7-4-6-12(2)10-13/h12H,3-11,14H2,1-2H3. The van der Waals surface area contributed by atoms with Crippen LogP contribution in [0.2, 0.25) is 0 Å². The van der Waals surface area contributed by atoms with Crippen LogP contribution < -0.4 is 5.73 Å². The zero-order valence-electron chi connectivity index (χ0n) is 10.4. The van der Waals surface area contributed by atoms with E-state index in [9.17, 15) is 0 Å². The summed E-state index contributed by atoms with van der Waals surface area (Å²) in [6, 6.07) is 0. The molecule has 2 heteroatoms. The van der Waals surface area contributed by atoms with Crippen molar-refractivity contribution in [2.75, 3.05) is 18.1 Å². The molecule has 0 heterocycles. The molecule has 0 aromatic rings. The molecule has 1 aliphatic rings. The van der Waals surface area contributed by atoms with Gasteiger partial charge < -0.3 is 5.73 Å². The van der Waals surface area contributed by atoms with Crippen LogP contribution in [0.5, 0.6) is 0 Å². The number of hydrogen-bond donors (Lipinski definition) is 1. The third-order valence-corrected chi connectivity index (χ3v) is 4.80. The van der Waals surface area contributed by atoms with Gasteiger partial charge in [-0.25, -0.2) is 0 Å². The largest absolute Gasteiger partial charge is 0.330 e. The van der Waals surface area contributed by atoms with E-state index in [4.69, 9.17) is 5.73 Å². The summed E-state index contributed by atoms with van der Waals surface area (Å²) in [7, 11) is 0. The predicted molar refractivity (Wildman–Crippen MR) is 71.4 cm³/mol. The van der Waals surface area contributed by atoms with Crippen LogP contribution in [0.3, 0.4) is 0 Å². The molecule has 1 nitrogen and oxygen atoms in total. The second kappa shape index (κ2) is 6.80. The summed E-state index contributed by atoms with van der Waals surface area (Å²) < 4.78 is 0. The average molecular weight is 229 g/mol. The smallest absolute Gasteiger partial charge is 0.00204 e. The molecule has 0 aromatic heterocycles. The van der Waals surface area contributed by atoms with E-state index in [1.54, 1.807) is 0 Å². The van der Waals surface area contributed by atoms with Crippen LogP contribution in [0.15, 0.2) is 0 Å². The van der Waals surface area contributed by atoms with E-state index in [2.05, 4.69) is 25.6 Å². The van der Waals surface area contributed by atoms with E-state index in [0.717, 1.165) is 12.5 Å². The van der Waals surface area contributed by atoms with Gasteiger partial charge >= 0.3 is 0 Å². The van der Waals surface area contributed by atoms with Crippen LogP contribution >= 0.6 is 11.8 Å². The summed E-state index contributed by atoms with van der Waals surface area (Å²) in [6.07, 6.45) is 8.30. The highest BCUT2D eigenvalue weighted by molar-refractivity contribution is 7.99. The van der Waals surface area contributed by atoms with E-state index >= 15 is 0 Å². The maximum Gasteiger partial charge on any atom is -0.00204 e. The molecule has 0 amide bonds. The van der Waals surface area contributed by atoms with Crippen molar-refractivity contribution in [3.63, 3.8) is 0 Å². The van der Waals surface area contributed by atoms with Crippen molar-refractivity contribution >= 4 is 11.8 Å². The fraction of sp³-hybridized carbons (Fsp3) is 1.00. The molecule has 0 saturated heterocycles. The Balaban J connectivity index is 2.31. The lowest BCUT2D eigenvalue weighted by Gasteiger charge is -2.39. The van der Waals surface area contributed by atoms with Crippen molar-refractivity contribution in [1.29, 1.82) is 0 Å². The molecule has 0 bridgehead atoms. The van der Waals surface area contributed by atoms with E-state index < -0.39 is 0 Å². The van der Waals surface area contributed by atoms with Gasteiger partial charge in [0.2, 0.25) is 0 Å². The number of hydrogen-bond acceptors (Lipinski definition) is 2. The number of rotatable bonds is 6. The first-order valence-electron chi connectivity index (χ1n) is 6.50. The second-order valence-electron chi connectivity index (χ2n) is 5.21. The number of thioether (sulfide) groups is 1. The molecular formula is C13H27NS. The van der Waals surface area contributed by atoms with Gasteiger partial charge in [0.05, 0.1) is 0 Å². The predicted octanol–water partition coefficient (Wildman–Crippen LogP) is 3.67. The maximum atomic E-state index is 6.01. The molecule has 1 fully saturated rings. The zero-order chi connectivity index (χ0) is 11.1. The Kier molecular flexibility index (Phi) is 6.06. The van der Waals surface area contributed by atoms with Crippen molar-refractivity contribution in [2.24, 2.45) is 17.1 Å². The third kappa shape index (κ3) is 4.36. The Bertz CT molecular complexity index is 172. The van der Waals surface area contributed by atoms with Crippen LogP contribution in [0.25, 0.3) is 0 Å². The van der Waals surface area contributed by atoms with Crippen molar-refractivity contribution < 1.29 is 0 Å². The third-order valence-electron chi connectivity index (χ3n) is 3.82. The summed E-state index contributed by atoms with van der Waals surface area (Å²) in [5, 5.41) is 0. The van der Waals surface area contributed by atoms with E-state index in [1.807, 2.05) is 0 Å². The van der Waals surface area contributed by atoms with Gasteiger partial charge in [-0.3, -0.25) is 0 Å². The Morgan fingerprint density at radius 3 is 2.87 bits per heavy atom. The molecule has 0 aromatic carbocycles. The molecule has 2 N–H and O–H groups in total. The first-order chi connectivity index (χ1) is 7.22. The van der Waals surface area contributed by atoms with Gasteiger partial charge in [0, 0.05) is 0 Å². The Hall–Kier alpha value is 0.310. The minimum Gasteiger partial charge on any atom is -0.330 e. The Morgan fingerprint density at radius 1 is 1.47 bits per heavy atom. The highest BCUT2D eigenvalue weighted by Gasteiger charge is 2.32. The molecule has 1 saturated carbocycles. The molecule has 1 aliphatic carbocycles. The average Bonchev–Trinajstić information content (AvgIpc) is 2.25. The molecule has 0 spiro atoms. The van der Waals surface area contributed by atoms with Gasteiger partial charge in [0.25, 0.3) is 0 Å². The van der Waals surface area contributed by atoms with E-state index in [0.29, 0.717) is 5.41 Å². The van der Waals surface area contributed by atoms with Crippen LogP contribution in [-0.4, -0.2) is 18.1 Å². The van der Waals surface area contributed by atoms with Crippen molar-refractivity contribution in [3.05, 3.63) is 0 Å². The number of nitrogens with two attached hydrogens (primary N) is 1. The first kappa shape index (κ1) is 13.4. The minimum atomic E-state index is 0.506. The molecule has 90 valence electrons. The highest BCUT2D eigenvalue weighted by atomic mass is 32.2. The minimum absolute atomic E-state index is 0.506. The topological polar surface area (TPSA) is 26.0 Å². The van der Waals surface area contributed by atoms with Gasteiger partial charge in [-0.05, 0) is 55.1 Å². The summed E-state index contributed by atoms with van der Waals surface area (Å²) in [5.74, 6) is 3.49. The lowest BCUT2D eigenvalue weighted by atomic mass is 9.68. The lowest BCUT2D eigenvalue weighted by molar-refractivity contribution is 0.141. The van der Waals surface area contributed by atoms with Crippen molar-refractivity contribution in [3.8, 4) is 0 Å². The lowest BCUT2D eigenvalue weighted by Crippen LogP contribution is -2.35. The molecule has 15 heavy (non-hydrogen) atoms. The normalized spacial score (nSPS) is 31.8. The van der Waals surface area contributed by atoms with E-state index in [-0.39, 0.29) is 0 Å². The zero-order valence-corrected chi connectivity index (χ0v) is 11.2. The monoisotopic (exact) mass is 229 g/mol. The summed E-state index contributed by atoms with van der Waals surface area (Å²) in [6.45, 7) is 5.55. The summed E-state index contributed by atoms with van der Waals surface area (Å²) in [5.41, 5.74) is 6.51. The van der Waals surface area contributed by atoms with Gasteiger partial charge in [-0.1, -0.05) is 26.7 Å². The molecule has 2 unspecified atom stereocenters. The van der Waals surface area contributed by atoms with Crippen LogP contribution in [-0.2, 0) is 0 Å². The van der Waals surface area contributed by atoms with Crippen LogP contribution in [0.4, 0.5) is 0 Å². The van der Waals surface area contributed by atoms with Crippen LogP contribution in [0, 0.1) is 11.3 Å². The Morgan fingerprint density at radius 2 is 2.27 bits per heavy atom. The SMILES string of the molecule is CCSCCCC1(CN)CCCC(C)C1. The van der Waals surface area contributed by atoms with Gasteiger partial charge in [0.15, 0.2) is 0 Å². The second-order valence-corrected chi connectivity index (χ2v) is 6.60. The highest BCUT2D eigenvalue weighted by Crippen LogP contribution is 2.42. The fourth-order valence-electron chi connectivity index (χ4n) is 2.98. The summed E-state index contributed by atoms with van der Waals surface area (Å²) in [4.78, 5) is 0. The quantitative estimate of drug-likeness (QED) is 0.703. The van der Waals surface area contributed by atoms with Gasteiger partial charge in [-0.15, -0.1) is 0 Å². The molecule has 1 rings (SSSR count). The molecular weight excluding hydrogens is 202 g/mol. The van der Waals surface area contributed by atoms with Crippen molar-refractivity contribution in [2.45, 2.75) is 52.4 Å². The fourth-order valence-corrected chi connectivity index (χ4v) is 3.61. The molecule has 0 aliphatic heterocycles. The maximum absolute atomic E-state index is 6.01. The summed E-state index contributed by atoms with van der Waals surface area (Å²) >= 11 is 2.07. The van der Waals surface area contributed by atoms with Gasteiger partial charge in [0.1, 0.15) is 0 Å². The first-order valence-corrected chi connectivity index (χ1v) is 7.66. The molecule has 0 radical (unpaired) electrons. The van der Waals surface area contributed by atoms with Crippen molar-refractivity contribution in [1.82, 2.24) is 0 Å². The Labute approximate surface area is 99.6 Å².